The van der Waals surface area contributed by atoms with Gasteiger partial charge in [0.2, 0.25) is 5.91 Å². The van der Waals surface area contributed by atoms with Crippen molar-refractivity contribution >= 4 is 27.5 Å². The van der Waals surface area contributed by atoms with E-state index in [1.165, 1.54) is 12.1 Å². The number of carbonyl (C=O) groups excluding carboxylic acids is 1. The van der Waals surface area contributed by atoms with Crippen LogP contribution in [0.4, 0.5) is 18.9 Å². The van der Waals surface area contributed by atoms with Crippen LogP contribution in [-0.2, 0) is 11.0 Å². The third kappa shape index (κ3) is 3.32. The lowest BCUT2D eigenvalue weighted by Crippen LogP contribution is -2.28. The summed E-state index contributed by atoms with van der Waals surface area (Å²) in [5.41, 5.74) is -0.641. The Morgan fingerprint density at radius 1 is 1.40 bits per heavy atom. The van der Waals surface area contributed by atoms with Crippen LogP contribution in [0.25, 0.3) is 0 Å². The number of alkyl halides is 3. The van der Waals surface area contributed by atoms with Crippen molar-refractivity contribution < 1.29 is 18.0 Å². The smallest absolute Gasteiger partial charge is 0.326 e. The van der Waals surface area contributed by atoms with Crippen LogP contribution in [0.15, 0.2) is 22.7 Å². The van der Waals surface area contributed by atoms with Crippen LogP contribution in [0, 0.1) is 11.8 Å². The summed E-state index contributed by atoms with van der Waals surface area (Å²) < 4.78 is 38.3. The number of amides is 1. The van der Waals surface area contributed by atoms with Gasteiger partial charge in [0.25, 0.3) is 0 Å². The molecule has 1 aliphatic rings. The molecule has 7 heteroatoms. The summed E-state index contributed by atoms with van der Waals surface area (Å²) in [5, 5.41) is 5.64. The van der Waals surface area contributed by atoms with Crippen molar-refractivity contribution in [2.45, 2.75) is 13.1 Å². The van der Waals surface area contributed by atoms with Crippen LogP contribution in [0.5, 0.6) is 0 Å². The molecule has 2 atom stereocenters. The van der Waals surface area contributed by atoms with E-state index in [-0.39, 0.29) is 27.9 Å². The fraction of sp³-hybridized carbons (Fsp3) is 0.462. The van der Waals surface area contributed by atoms with Crippen molar-refractivity contribution in [3.05, 3.63) is 28.2 Å². The maximum atomic E-state index is 12.8. The van der Waals surface area contributed by atoms with Gasteiger partial charge >= 0.3 is 6.18 Å². The minimum atomic E-state index is -4.46. The fourth-order valence-corrected chi connectivity index (χ4v) is 2.69. The Bertz CT molecular complexity index is 519. The second-order valence-corrected chi connectivity index (χ2v) is 5.78. The summed E-state index contributed by atoms with van der Waals surface area (Å²) in [6, 6.07) is 3.67. The molecule has 2 unspecified atom stereocenters. The molecular weight excluding hydrogens is 337 g/mol. The summed E-state index contributed by atoms with van der Waals surface area (Å²) in [7, 11) is 0. The van der Waals surface area contributed by atoms with Gasteiger partial charge in [0.1, 0.15) is 0 Å². The zero-order chi connectivity index (χ0) is 14.9. The molecule has 1 saturated heterocycles. The van der Waals surface area contributed by atoms with E-state index in [0.717, 1.165) is 12.6 Å². The highest BCUT2D eigenvalue weighted by Gasteiger charge is 2.34. The normalized spacial score (nSPS) is 22.9. The van der Waals surface area contributed by atoms with Crippen LogP contribution >= 0.6 is 15.9 Å². The first-order chi connectivity index (χ1) is 9.29. The first-order valence-corrected chi connectivity index (χ1v) is 6.96. The monoisotopic (exact) mass is 350 g/mol. The number of nitrogens with one attached hydrogen (secondary N) is 2. The number of halogens is 4. The highest BCUT2D eigenvalue weighted by molar-refractivity contribution is 9.10. The van der Waals surface area contributed by atoms with Gasteiger partial charge in [0.05, 0.1) is 11.5 Å². The molecule has 0 aromatic heterocycles. The second kappa shape index (κ2) is 5.73. The Kier molecular flexibility index (Phi) is 4.39. The lowest BCUT2D eigenvalue weighted by molar-refractivity contribution is -0.138. The van der Waals surface area contributed by atoms with Crippen LogP contribution in [0.3, 0.4) is 0 Å². The van der Waals surface area contributed by atoms with Crippen LogP contribution < -0.4 is 10.6 Å². The molecule has 2 N–H and O–H groups in total. The minimum absolute atomic E-state index is 0.0427. The molecule has 3 nitrogen and oxygen atoms in total. The Hall–Kier alpha value is -1.08. The minimum Gasteiger partial charge on any atom is -0.326 e. The van der Waals surface area contributed by atoms with Crippen molar-refractivity contribution in [1.29, 1.82) is 0 Å². The number of rotatable bonds is 2. The molecule has 1 fully saturated rings. The quantitative estimate of drug-likeness (QED) is 0.859. The molecule has 1 aromatic rings. The molecule has 0 aliphatic carbocycles. The molecule has 0 bridgehead atoms. The average Bonchev–Trinajstić information content (AvgIpc) is 2.76. The zero-order valence-electron chi connectivity index (χ0n) is 10.7. The number of hydrogen-bond acceptors (Lipinski definition) is 2. The molecular formula is C13H14BrF3N2O. The third-order valence-electron chi connectivity index (χ3n) is 3.39. The van der Waals surface area contributed by atoms with Crippen molar-refractivity contribution in [2.24, 2.45) is 11.8 Å². The van der Waals surface area contributed by atoms with E-state index >= 15 is 0 Å². The molecule has 1 aliphatic heterocycles. The SMILES string of the molecule is CC1CNCC1C(=O)Nc1ccc(Br)c(C(F)(F)F)c1. The maximum absolute atomic E-state index is 12.8. The lowest BCUT2D eigenvalue weighted by atomic mass is 9.97. The van der Waals surface area contributed by atoms with E-state index in [0.29, 0.717) is 6.54 Å². The van der Waals surface area contributed by atoms with Crippen LogP contribution in [0.2, 0.25) is 0 Å². The molecule has 2 rings (SSSR count). The van der Waals surface area contributed by atoms with Gasteiger partial charge in [-0.3, -0.25) is 4.79 Å². The van der Waals surface area contributed by atoms with E-state index in [1.807, 2.05) is 6.92 Å². The summed E-state index contributed by atoms with van der Waals surface area (Å²) in [6.45, 7) is 3.23. The molecule has 1 aromatic carbocycles. The predicted octanol–water partition coefficient (Wildman–Crippen LogP) is 3.26. The number of carbonyl (C=O) groups is 1. The predicted molar refractivity (Wildman–Crippen MR) is 73.3 cm³/mol. The molecule has 20 heavy (non-hydrogen) atoms. The van der Waals surface area contributed by atoms with Crippen molar-refractivity contribution in [1.82, 2.24) is 5.32 Å². The number of anilines is 1. The zero-order valence-corrected chi connectivity index (χ0v) is 12.3. The van der Waals surface area contributed by atoms with Gasteiger partial charge in [-0.25, -0.2) is 0 Å². The lowest BCUT2D eigenvalue weighted by Gasteiger charge is -2.16. The van der Waals surface area contributed by atoms with E-state index in [9.17, 15) is 18.0 Å². The molecule has 1 amide bonds. The summed E-state index contributed by atoms with van der Waals surface area (Å²) >= 11 is 2.87. The molecule has 1 heterocycles. The highest BCUT2D eigenvalue weighted by atomic mass is 79.9. The molecule has 110 valence electrons. The maximum Gasteiger partial charge on any atom is 0.417 e. The van der Waals surface area contributed by atoms with Gasteiger partial charge < -0.3 is 10.6 Å². The van der Waals surface area contributed by atoms with E-state index in [2.05, 4.69) is 26.6 Å². The Labute approximate surface area is 123 Å². The Morgan fingerprint density at radius 2 is 2.10 bits per heavy atom. The van der Waals surface area contributed by atoms with Crippen molar-refractivity contribution in [2.75, 3.05) is 18.4 Å². The standard InChI is InChI=1S/C13H14BrF3N2O/c1-7-5-18-6-9(7)12(20)19-8-2-3-11(14)10(4-8)13(15,16)17/h2-4,7,9,18H,5-6H2,1H3,(H,19,20). The highest BCUT2D eigenvalue weighted by Crippen LogP contribution is 2.36. The largest absolute Gasteiger partial charge is 0.417 e. The summed E-state index contributed by atoms with van der Waals surface area (Å²) in [4.78, 5) is 12.0. The van der Waals surface area contributed by atoms with Crippen LogP contribution in [0.1, 0.15) is 12.5 Å². The average molecular weight is 351 g/mol. The van der Waals surface area contributed by atoms with Gasteiger partial charge in [-0.2, -0.15) is 13.2 Å². The molecule has 0 saturated carbocycles. The molecule has 0 spiro atoms. The van der Waals surface area contributed by atoms with Crippen molar-refractivity contribution in [3.8, 4) is 0 Å². The van der Waals surface area contributed by atoms with Crippen molar-refractivity contribution in [3.63, 3.8) is 0 Å². The number of benzene rings is 1. The topological polar surface area (TPSA) is 41.1 Å². The van der Waals surface area contributed by atoms with E-state index in [1.54, 1.807) is 0 Å². The first kappa shape index (κ1) is 15.3. The number of hydrogen-bond donors (Lipinski definition) is 2. The van der Waals surface area contributed by atoms with Gasteiger partial charge in [-0.15, -0.1) is 0 Å². The first-order valence-electron chi connectivity index (χ1n) is 6.17. The second-order valence-electron chi connectivity index (χ2n) is 4.92. The molecule has 0 radical (unpaired) electrons. The van der Waals surface area contributed by atoms with Gasteiger partial charge in [-0.1, -0.05) is 22.9 Å². The van der Waals surface area contributed by atoms with E-state index in [4.69, 9.17) is 0 Å². The van der Waals surface area contributed by atoms with Gasteiger partial charge in [0.15, 0.2) is 0 Å². The Balaban J connectivity index is 2.16. The van der Waals surface area contributed by atoms with Crippen LogP contribution in [-0.4, -0.2) is 19.0 Å². The third-order valence-corrected chi connectivity index (χ3v) is 4.09. The van der Waals surface area contributed by atoms with Gasteiger partial charge in [0, 0.05) is 16.7 Å². The summed E-state index contributed by atoms with van der Waals surface area (Å²) in [5.74, 6) is -0.293. The van der Waals surface area contributed by atoms with E-state index < -0.39 is 11.7 Å². The Morgan fingerprint density at radius 3 is 2.65 bits per heavy atom. The summed E-state index contributed by atoms with van der Waals surface area (Å²) in [6.07, 6.45) is -4.46. The van der Waals surface area contributed by atoms with Gasteiger partial charge in [-0.05, 0) is 30.7 Å². The fourth-order valence-electron chi connectivity index (χ4n) is 2.22.